The maximum absolute atomic E-state index is 14.6. The van der Waals surface area contributed by atoms with Crippen LogP contribution in [0.5, 0.6) is 0 Å². The van der Waals surface area contributed by atoms with Crippen LogP contribution in [0.25, 0.3) is 0 Å². The summed E-state index contributed by atoms with van der Waals surface area (Å²) in [5.74, 6) is -1.06. The first kappa shape index (κ1) is 16.9. The molecule has 0 radical (unpaired) electrons. The molecule has 6 heteroatoms. The first-order valence-corrected chi connectivity index (χ1v) is 7.24. The van der Waals surface area contributed by atoms with E-state index >= 15 is 0 Å². The van der Waals surface area contributed by atoms with Crippen LogP contribution < -0.4 is 22.9 Å². The first-order valence-electron chi connectivity index (χ1n) is 7.24. The summed E-state index contributed by atoms with van der Waals surface area (Å²) < 4.78 is 29.2. The van der Waals surface area contributed by atoms with E-state index in [1.54, 1.807) is 27.7 Å². The Hall–Kier alpha value is -2.50. The molecule has 23 heavy (non-hydrogen) atoms. The molecule has 0 bridgehead atoms. The average molecular weight is 320 g/mol. The van der Waals surface area contributed by atoms with Crippen LogP contribution in [0, 0.1) is 39.3 Å². The Balaban J connectivity index is 2.71. The van der Waals surface area contributed by atoms with Gasteiger partial charge in [-0.1, -0.05) is 0 Å². The highest BCUT2D eigenvalue weighted by molar-refractivity contribution is 5.73. The van der Waals surface area contributed by atoms with E-state index in [-0.39, 0.29) is 28.9 Å². The van der Waals surface area contributed by atoms with Gasteiger partial charge >= 0.3 is 0 Å². The molecule has 0 atom stereocenters. The van der Waals surface area contributed by atoms with Crippen molar-refractivity contribution in [3.8, 4) is 0 Å². The van der Waals surface area contributed by atoms with Gasteiger partial charge in [0.1, 0.15) is 11.6 Å². The van der Waals surface area contributed by atoms with Gasteiger partial charge in [-0.05, 0) is 38.8 Å². The van der Waals surface area contributed by atoms with Crippen molar-refractivity contribution in [2.45, 2.75) is 34.1 Å². The first-order chi connectivity index (χ1) is 10.6. The minimum Gasteiger partial charge on any atom is -0.398 e. The zero-order chi connectivity index (χ0) is 17.6. The average Bonchev–Trinajstić information content (AvgIpc) is 2.54. The largest absolute Gasteiger partial charge is 0.398 e. The Kier molecular flexibility index (Phi) is 4.11. The van der Waals surface area contributed by atoms with Crippen molar-refractivity contribution < 1.29 is 8.78 Å². The normalized spacial score (nSPS) is 11.0. The third kappa shape index (κ3) is 2.44. The standard InChI is InChI=1S/C17H22F2N4/c1-6-12(18)10(16(22)8(3)14(6)20)5-11-13(19)7(2)15(21)9(4)17(11)23/h5,20-23H2,1-4H3. The number of halogens is 2. The molecule has 0 unspecified atom stereocenters. The van der Waals surface area contributed by atoms with Gasteiger partial charge in [-0.3, -0.25) is 0 Å². The van der Waals surface area contributed by atoms with Gasteiger partial charge in [-0.15, -0.1) is 0 Å². The van der Waals surface area contributed by atoms with Gasteiger partial charge in [-0.2, -0.15) is 0 Å². The van der Waals surface area contributed by atoms with Gasteiger partial charge in [0.15, 0.2) is 0 Å². The van der Waals surface area contributed by atoms with Crippen LogP contribution in [0.1, 0.15) is 33.4 Å². The van der Waals surface area contributed by atoms with Gasteiger partial charge in [-0.25, -0.2) is 8.78 Å². The van der Waals surface area contributed by atoms with Crippen LogP contribution in [0.2, 0.25) is 0 Å². The lowest BCUT2D eigenvalue weighted by Gasteiger charge is -2.19. The molecule has 0 saturated carbocycles. The molecule has 2 rings (SSSR count). The molecule has 0 amide bonds. The summed E-state index contributed by atoms with van der Waals surface area (Å²) in [6.45, 7) is 6.55. The molecule has 4 nitrogen and oxygen atoms in total. The molecular formula is C17H22F2N4. The van der Waals surface area contributed by atoms with Crippen LogP contribution in [0.4, 0.5) is 31.5 Å². The van der Waals surface area contributed by atoms with E-state index in [1.165, 1.54) is 0 Å². The number of nitrogen functional groups attached to an aromatic ring is 4. The summed E-state index contributed by atoms with van der Waals surface area (Å²) in [6, 6.07) is 0. The maximum Gasteiger partial charge on any atom is 0.133 e. The summed E-state index contributed by atoms with van der Waals surface area (Å²) in [6.07, 6.45) is -0.0563. The molecule has 0 aliphatic heterocycles. The number of anilines is 4. The number of hydrogen-bond acceptors (Lipinski definition) is 4. The number of benzene rings is 2. The van der Waals surface area contributed by atoms with Crippen molar-refractivity contribution in [1.82, 2.24) is 0 Å². The lowest BCUT2D eigenvalue weighted by atomic mass is 9.92. The van der Waals surface area contributed by atoms with Gasteiger partial charge in [0.2, 0.25) is 0 Å². The van der Waals surface area contributed by atoms with E-state index in [0.29, 0.717) is 33.6 Å². The van der Waals surface area contributed by atoms with Crippen LogP contribution in [0.3, 0.4) is 0 Å². The molecule has 0 aliphatic carbocycles. The third-order valence-electron chi connectivity index (χ3n) is 4.62. The highest BCUT2D eigenvalue weighted by atomic mass is 19.1. The van der Waals surface area contributed by atoms with Crippen LogP contribution >= 0.6 is 0 Å². The third-order valence-corrected chi connectivity index (χ3v) is 4.62. The molecule has 0 saturated heterocycles. The molecule has 2 aromatic rings. The van der Waals surface area contributed by atoms with Gasteiger partial charge < -0.3 is 22.9 Å². The highest BCUT2D eigenvalue weighted by Gasteiger charge is 2.22. The molecule has 0 spiro atoms. The van der Waals surface area contributed by atoms with Crippen LogP contribution in [-0.2, 0) is 6.42 Å². The van der Waals surface area contributed by atoms with Crippen molar-refractivity contribution in [2.75, 3.05) is 22.9 Å². The predicted octanol–water partition coefficient (Wildman–Crippen LogP) is 3.12. The highest BCUT2D eigenvalue weighted by Crippen LogP contribution is 2.36. The molecule has 0 aromatic heterocycles. The Bertz CT molecular complexity index is 688. The Morgan fingerprint density at radius 1 is 0.565 bits per heavy atom. The lowest BCUT2D eigenvalue weighted by molar-refractivity contribution is 0.592. The molecule has 8 N–H and O–H groups in total. The quantitative estimate of drug-likeness (QED) is 0.638. The summed E-state index contributed by atoms with van der Waals surface area (Å²) in [4.78, 5) is 0. The van der Waals surface area contributed by atoms with Crippen LogP contribution in [-0.4, -0.2) is 0 Å². The molecule has 0 heterocycles. The monoisotopic (exact) mass is 320 g/mol. The predicted molar refractivity (Wildman–Crippen MR) is 92.2 cm³/mol. The number of rotatable bonds is 2. The summed E-state index contributed by atoms with van der Waals surface area (Å²) in [5, 5.41) is 0. The fourth-order valence-corrected chi connectivity index (χ4v) is 2.75. The van der Waals surface area contributed by atoms with E-state index in [4.69, 9.17) is 22.9 Å². The molecule has 0 aliphatic rings. The lowest BCUT2D eigenvalue weighted by Crippen LogP contribution is -2.12. The molecule has 2 aromatic carbocycles. The Morgan fingerprint density at radius 3 is 1.17 bits per heavy atom. The van der Waals surface area contributed by atoms with E-state index in [9.17, 15) is 8.78 Å². The fourth-order valence-electron chi connectivity index (χ4n) is 2.75. The molecule has 124 valence electrons. The smallest absolute Gasteiger partial charge is 0.133 e. The van der Waals surface area contributed by atoms with Gasteiger partial charge in [0.05, 0.1) is 0 Å². The fraction of sp³-hybridized carbons (Fsp3) is 0.294. The number of hydrogen-bond donors (Lipinski definition) is 4. The summed E-state index contributed by atoms with van der Waals surface area (Å²) >= 11 is 0. The van der Waals surface area contributed by atoms with E-state index in [1.807, 2.05) is 0 Å². The van der Waals surface area contributed by atoms with Crippen molar-refractivity contribution in [3.05, 3.63) is 45.0 Å². The summed E-state index contributed by atoms with van der Waals surface area (Å²) in [7, 11) is 0. The topological polar surface area (TPSA) is 104 Å². The number of nitrogens with two attached hydrogens (primary N) is 4. The zero-order valence-electron chi connectivity index (χ0n) is 13.8. The minimum atomic E-state index is -0.531. The van der Waals surface area contributed by atoms with Gasteiger partial charge in [0.25, 0.3) is 0 Å². The second kappa shape index (κ2) is 5.61. The maximum atomic E-state index is 14.6. The van der Waals surface area contributed by atoms with Crippen molar-refractivity contribution in [3.63, 3.8) is 0 Å². The summed E-state index contributed by atoms with van der Waals surface area (Å²) in [5.41, 5.74) is 26.9. The Labute approximate surface area is 134 Å². The molecular weight excluding hydrogens is 298 g/mol. The van der Waals surface area contributed by atoms with Crippen molar-refractivity contribution in [1.29, 1.82) is 0 Å². The SMILES string of the molecule is Cc1c(N)c(C)c(F)c(Cc2c(N)c(C)c(N)c(C)c2F)c1N. The van der Waals surface area contributed by atoms with E-state index in [2.05, 4.69) is 0 Å². The zero-order valence-corrected chi connectivity index (χ0v) is 13.8. The minimum absolute atomic E-state index is 0.0563. The van der Waals surface area contributed by atoms with Crippen LogP contribution in [0.15, 0.2) is 0 Å². The second-order valence-electron chi connectivity index (χ2n) is 5.92. The van der Waals surface area contributed by atoms with Crippen molar-refractivity contribution >= 4 is 22.7 Å². The van der Waals surface area contributed by atoms with Crippen molar-refractivity contribution in [2.24, 2.45) is 0 Å². The Morgan fingerprint density at radius 2 is 0.870 bits per heavy atom. The van der Waals surface area contributed by atoms with E-state index in [0.717, 1.165) is 0 Å². The molecule has 0 fully saturated rings. The van der Waals surface area contributed by atoms with Gasteiger partial charge in [0, 0.05) is 51.4 Å². The van der Waals surface area contributed by atoms with E-state index < -0.39 is 11.6 Å². The second-order valence-corrected chi connectivity index (χ2v) is 5.92.